The molecular formula is C26H20ClNO. The maximum atomic E-state index is 12.9. The number of carbonyl (C=O) groups is 1. The Bertz CT molecular complexity index is 1170. The van der Waals surface area contributed by atoms with Gasteiger partial charge in [-0.25, -0.2) is 0 Å². The molecule has 4 aromatic rings. The third-order valence-corrected chi connectivity index (χ3v) is 5.17. The normalized spacial score (nSPS) is 10.6. The number of ketones is 1. The topological polar surface area (TPSA) is 29.1 Å². The van der Waals surface area contributed by atoms with Crippen LogP contribution in [0.4, 0.5) is 11.4 Å². The van der Waals surface area contributed by atoms with E-state index in [1.54, 1.807) is 12.1 Å². The SMILES string of the molecule is Cc1ccccc1C(=O)c1ccc(Nc2cccc(-c3ccccc3)c2)cc1Cl. The minimum Gasteiger partial charge on any atom is -0.355 e. The molecule has 0 aliphatic rings. The van der Waals surface area contributed by atoms with Gasteiger partial charge in [-0.15, -0.1) is 0 Å². The van der Waals surface area contributed by atoms with E-state index in [0.29, 0.717) is 16.1 Å². The van der Waals surface area contributed by atoms with Crippen LogP contribution in [0, 0.1) is 6.92 Å². The predicted octanol–water partition coefficient (Wildman–Crippen LogP) is 7.29. The van der Waals surface area contributed by atoms with Gasteiger partial charge in [-0.3, -0.25) is 4.79 Å². The number of hydrogen-bond acceptors (Lipinski definition) is 2. The lowest BCUT2D eigenvalue weighted by atomic mass is 9.99. The van der Waals surface area contributed by atoms with E-state index >= 15 is 0 Å². The zero-order chi connectivity index (χ0) is 20.2. The Balaban J connectivity index is 1.58. The number of carbonyl (C=O) groups excluding carboxylic acids is 1. The molecule has 4 aromatic carbocycles. The van der Waals surface area contributed by atoms with Crippen molar-refractivity contribution in [3.63, 3.8) is 0 Å². The van der Waals surface area contributed by atoms with Gasteiger partial charge < -0.3 is 5.32 Å². The first-order valence-electron chi connectivity index (χ1n) is 9.44. The summed E-state index contributed by atoms with van der Waals surface area (Å²) in [6, 6.07) is 31.4. The number of nitrogens with one attached hydrogen (secondary N) is 1. The van der Waals surface area contributed by atoms with Crippen molar-refractivity contribution in [3.8, 4) is 11.1 Å². The van der Waals surface area contributed by atoms with E-state index < -0.39 is 0 Å². The molecule has 0 saturated carbocycles. The number of aryl methyl sites for hydroxylation is 1. The molecule has 29 heavy (non-hydrogen) atoms. The molecule has 0 unspecified atom stereocenters. The number of halogens is 1. The smallest absolute Gasteiger partial charge is 0.194 e. The van der Waals surface area contributed by atoms with Crippen LogP contribution in [0.5, 0.6) is 0 Å². The monoisotopic (exact) mass is 397 g/mol. The predicted molar refractivity (Wildman–Crippen MR) is 121 cm³/mol. The quantitative estimate of drug-likeness (QED) is 0.358. The Hall–Kier alpha value is -3.36. The summed E-state index contributed by atoms with van der Waals surface area (Å²) >= 11 is 6.46. The second-order valence-electron chi connectivity index (χ2n) is 6.91. The summed E-state index contributed by atoms with van der Waals surface area (Å²) in [5.41, 5.74) is 6.20. The van der Waals surface area contributed by atoms with Crippen molar-refractivity contribution in [1.29, 1.82) is 0 Å². The van der Waals surface area contributed by atoms with Crippen molar-refractivity contribution in [1.82, 2.24) is 0 Å². The molecule has 1 N–H and O–H groups in total. The second-order valence-corrected chi connectivity index (χ2v) is 7.32. The van der Waals surface area contributed by atoms with E-state index in [1.165, 1.54) is 0 Å². The first-order valence-corrected chi connectivity index (χ1v) is 9.82. The molecule has 0 saturated heterocycles. The zero-order valence-electron chi connectivity index (χ0n) is 16.0. The molecule has 3 heteroatoms. The fourth-order valence-electron chi connectivity index (χ4n) is 3.32. The molecule has 0 spiro atoms. The third kappa shape index (κ3) is 4.23. The summed E-state index contributed by atoms with van der Waals surface area (Å²) in [4.78, 5) is 12.9. The first-order chi connectivity index (χ1) is 14.1. The fourth-order valence-corrected chi connectivity index (χ4v) is 3.59. The minimum atomic E-state index is -0.0641. The summed E-state index contributed by atoms with van der Waals surface area (Å²) in [5.74, 6) is -0.0641. The van der Waals surface area contributed by atoms with Crippen LogP contribution >= 0.6 is 11.6 Å². The van der Waals surface area contributed by atoms with E-state index in [2.05, 4.69) is 29.6 Å². The minimum absolute atomic E-state index is 0.0641. The molecule has 0 radical (unpaired) electrons. The molecule has 0 atom stereocenters. The highest BCUT2D eigenvalue weighted by Gasteiger charge is 2.15. The molecule has 2 nitrogen and oxygen atoms in total. The maximum Gasteiger partial charge on any atom is 0.194 e. The van der Waals surface area contributed by atoms with Gasteiger partial charge in [-0.1, -0.05) is 78.3 Å². The van der Waals surface area contributed by atoms with Crippen LogP contribution in [0.2, 0.25) is 5.02 Å². The van der Waals surface area contributed by atoms with Gasteiger partial charge in [-0.05, 0) is 53.9 Å². The Morgan fingerprint density at radius 1 is 0.690 bits per heavy atom. The van der Waals surface area contributed by atoms with Crippen LogP contribution in [0.25, 0.3) is 11.1 Å². The molecule has 0 aliphatic heterocycles. The van der Waals surface area contributed by atoms with Crippen molar-refractivity contribution in [2.24, 2.45) is 0 Å². The number of rotatable bonds is 5. The van der Waals surface area contributed by atoms with Crippen molar-refractivity contribution in [2.45, 2.75) is 6.92 Å². The molecule has 0 fully saturated rings. The molecule has 0 heterocycles. The van der Waals surface area contributed by atoms with Crippen LogP contribution in [0.3, 0.4) is 0 Å². The molecular weight excluding hydrogens is 378 g/mol. The van der Waals surface area contributed by atoms with Crippen LogP contribution in [0.1, 0.15) is 21.5 Å². The summed E-state index contributed by atoms with van der Waals surface area (Å²) < 4.78 is 0. The summed E-state index contributed by atoms with van der Waals surface area (Å²) in [6.45, 7) is 1.93. The average Bonchev–Trinajstić information content (AvgIpc) is 2.75. The lowest BCUT2D eigenvalue weighted by molar-refractivity contribution is 0.103. The lowest BCUT2D eigenvalue weighted by Gasteiger charge is -2.11. The fraction of sp³-hybridized carbons (Fsp3) is 0.0385. The number of anilines is 2. The van der Waals surface area contributed by atoms with Gasteiger partial charge in [0, 0.05) is 22.5 Å². The van der Waals surface area contributed by atoms with Crippen LogP contribution in [-0.2, 0) is 0 Å². The van der Waals surface area contributed by atoms with Gasteiger partial charge in [-0.2, -0.15) is 0 Å². The van der Waals surface area contributed by atoms with Gasteiger partial charge in [0.2, 0.25) is 0 Å². The highest BCUT2D eigenvalue weighted by molar-refractivity contribution is 6.35. The van der Waals surface area contributed by atoms with Crippen LogP contribution < -0.4 is 5.32 Å². The summed E-state index contributed by atoms with van der Waals surface area (Å²) in [5, 5.41) is 3.81. The summed E-state index contributed by atoms with van der Waals surface area (Å²) in [6.07, 6.45) is 0. The van der Waals surface area contributed by atoms with Crippen molar-refractivity contribution in [3.05, 3.63) is 119 Å². The standard InChI is InChI=1S/C26H20ClNO/c1-18-8-5-6-13-23(18)26(29)24-15-14-22(17-25(24)27)28-21-12-7-11-20(16-21)19-9-3-2-4-10-19/h2-17,28H,1H3. The van der Waals surface area contributed by atoms with Gasteiger partial charge in [0.05, 0.1) is 5.02 Å². The molecule has 4 rings (SSSR count). The molecule has 0 aromatic heterocycles. The van der Waals surface area contributed by atoms with E-state index in [0.717, 1.165) is 28.1 Å². The Labute approximate surface area is 175 Å². The zero-order valence-corrected chi connectivity index (χ0v) is 16.8. The summed E-state index contributed by atoms with van der Waals surface area (Å²) in [7, 11) is 0. The van der Waals surface area contributed by atoms with Gasteiger partial charge in [0.25, 0.3) is 0 Å². The Morgan fingerprint density at radius 2 is 1.38 bits per heavy atom. The molecule has 0 aliphatic carbocycles. The van der Waals surface area contributed by atoms with Crippen molar-refractivity contribution < 1.29 is 4.79 Å². The molecule has 142 valence electrons. The van der Waals surface area contributed by atoms with Gasteiger partial charge in [0.1, 0.15) is 0 Å². The molecule has 0 bridgehead atoms. The van der Waals surface area contributed by atoms with E-state index in [4.69, 9.17) is 11.6 Å². The highest BCUT2D eigenvalue weighted by Crippen LogP contribution is 2.28. The van der Waals surface area contributed by atoms with Crippen LogP contribution in [0.15, 0.2) is 97.1 Å². The van der Waals surface area contributed by atoms with Gasteiger partial charge in [0.15, 0.2) is 5.78 Å². The second kappa shape index (κ2) is 8.34. The molecule has 0 amide bonds. The van der Waals surface area contributed by atoms with E-state index in [-0.39, 0.29) is 5.78 Å². The van der Waals surface area contributed by atoms with Crippen molar-refractivity contribution >= 4 is 28.8 Å². The number of hydrogen-bond donors (Lipinski definition) is 1. The third-order valence-electron chi connectivity index (χ3n) is 4.86. The van der Waals surface area contributed by atoms with E-state index in [9.17, 15) is 4.79 Å². The maximum absolute atomic E-state index is 12.9. The largest absolute Gasteiger partial charge is 0.355 e. The lowest BCUT2D eigenvalue weighted by Crippen LogP contribution is -2.04. The van der Waals surface area contributed by atoms with Crippen molar-refractivity contribution in [2.75, 3.05) is 5.32 Å². The average molecular weight is 398 g/mol. The first kappa shape index (κ1) is 19.0. The Morgan fingerprint density at radius 3 is 2.14 bits per heavy atom. The highest BCUT2D eigenvalue weighted by atomic mass is 35.5. The number of benzene rings is 4. The van der Waals surface area contributed by atoms with Gasteiger partial charge >= 0.3 is 0 Å². The Kier molecular flexibility index (Phi) is 5.46. The van der Waals surface area contributed by atoms with E-state index in [1.807, 2.05) is 67.6 Å². The van der Waals surface area contributed by atoms with Crippen LogP contribution in [-0.4, -0.2) is 5.78 Å².